The van der Waals surface area contributed by atoms with Crippen LogP contribution in [0.5, 0.6) is 0 Å². The molecule has 2 heteroatoms. The summed E-state index contributed by atoms with van der Waals surface area (Å²) in [6.07, 6.45) is 17.3. The number of carbonyl (C=O) groups excluding carboxylic acids is 1. The van der Waals surface area contributed by atoms with E-state index in [9.17, 15) is 4.79 Å². The standard InChI is InChI=1S/C16H28O2/c17-16-14-12-10-8-6-4-2-1-3-5-7-9-11-13-15(14)18-16/h14-15H,1-13H2/t14-,15-/m0/s1. The molecule has 2 atom stereocenters. The topological polar surface area (TPSA) is 26.3 Å². The van der Waals surface area contributed by atoms with Gasteiger partial charge in [-0.1, -0.05) is 64.2 Å². The summed E-state index contributed by atoms with van der Waals surface area (Å²) in [4.78, 5) is 11.4. The zero-order valence-electron chi connectivity index (χ0n) is 11.7. The molecule has 1 aliphatic heterocycles. The van der Waals surface area contributed by atoms with E-state index in [1.807, 2.05) is 0 Å². The normalized spacial score (nSPS) is 32.3. The van der Waals surface area contributed by atoms with E-state index in [1.54, 1.807) is 0 Å². The lowest BCUT2D eigenvalue weighted by Crippen LogP contribution is -2.44. The molecular formula is C16H28O2. The second-order valence-electron chi connectivity index (χ2n) is 6.05. The predicted octanol–water partition coefficient (Wildman–Crippen LogP) is 4.61. The van der Waals surface area contributed by atoms with E-state index in [1.165, 1.54) is 70.6 Å². The van der Waals surface area contributed by atoms with Crippen LogP contribution in [0.2, 0.25) is 0 Å². The predicted molar refractivity (Wildman–Crippen MR) is 73.4 cm³/mol. The van der Waals surface area contributed by atoms with Gasteiger partial charge in [0.2, 0.25) is 0 Å². The second-order valence-corrected chi connectivity index (χ2v) is 6.05. The van der Waals surface area contributed by atoms with Crippen LogP contribution in [0.4, 0.5) is 0 Å². The van der Waals surface area contributed by atoms with Crippen LogP contribution in [0.1, 0.15) is 83.5 Å². The van der Waals surface area contributed by atoms with Crippen LogP contribution in [0.25, 0.3) is 0 Å². The fourth-order valence-electron chi connectivity index (χ4n) is 3.26. The Balaban J connectivity index is 1.71. The van der Waals surface area contributed by atoms with Crippen LogP contribution < -0.4 is 0 Å². The molecule has 1 heterocycles. The van der Waals surface area contributed by atoms with E-state index in [0.29, 0.717) is 0 Å². The van der Waals surface area contributed by atoms with Crippen LogP contribution >= 0.6 is 0 Å². The Labute approximate surface area is 111 Å². The van der Waals surface area contributed by atoms with Crippen molar-refractivity contribution < 1.29 is 9.53 Å². The van der Waals surface area contributed by atoms with Crippen molar-refractivity contribution in [1.29, 1.82) is 0 Å². The third-order valence-corrected chi connectivity index (χ3v) is 4.52. The van der Waals surface area contributed by atoms with Gasteiger partial charge in [-0.3, -0.25) is 4.79 Å². The SMILES string of the molecule is O=C1O[C@H]2CCCCCCCCCCCCC[C@H]12. The average Bonchev–Trinajstić information content (AvgIpc) is 2.37. The monoisotopic (exact) mass is 252 g/mol. The van der Waals surface area contributed by atoms with Gasteiger partial charge in [-0.05, 0) is 19.3 Å². The number of carbonyl (C=O) groups is 1. The van der Waals surface area contributed by atoms with E-state index in [0.717, 1.165) is 12.8 Å². The molecule has 0 radical (unpaired) electrons. The molecule has 1 saturated carbocycles. The molecule has 0 aromatic rings. The molecule has 0 aromatic heterocycles. The van der Waals surface area contributed by atoms with Gasteiger partial charge >= 0.3 is 5.97 Å². The summed E-state index contributed by atoms with van der Waals surface area (Å²) in [5.41, 5.74) is 0. The van der Waals surface area contributed by atoms with Crippen molar-refractivity contribution in [1.82, 2.24) is 0 Å². The minimum Gasteiger partial charge on any atom is -0.461 e. The first kappa shape index (κ1) is 13.9. The van der Waals surface area contributed by atoms with E-state index in [-0.39, 0.29) is 18.0 Å². The van der Waals surface area contributed by atoms with Crippen LogP contribution in [0.15, 0.2) is 0 Å². The summed E-state index contributed by atoms with van der Waals surface area (Å²) in [6, 6.07) is 0. The molecule has 1 aliphatic carbocycles. The largest absolute Gasteiger partial charge is 0.461 e. The molecule has 0 aromatic carbocycles. The second kappa shape index (κ2) is 7.81. The summed E-state index contributed by atoms with van der Waals surface area (Å²) in [7, 11) is 0. The van der Waals surface area contributed by atoms with Gasteiger partial charge in [-0.2, -0.15) is 0 Å². The smallest absolute Gasteiger partial charge is 0.313 e. The molecule has 2 nitrogen and oxygen atoms in total. The molecule has 2 aliphatic rings. The first-order valence-corrected chi connectivity index (χ1v) is 8.08. The van der Waals surface area contributed by atoms with Gasteiger partial charge in [-0.15, -0.1) is 0 Å². The lowest BCUT2D eigenvalue weighted by molar-refractivity contribution is -0.186. The molecule has 0 bridgehead atoms. The third-order valence-electron chi connectivity index (χ3n) is 4.52. The highest BCUT2D eigenvalue weighted by Gasteiger charge is 2.40. The lowest BCUT2D eigenvalue weighted by atomic mass is 9.87. The number of ether oxygens (including phenoxy) is 1. The van der Waals surface area contributed by atoms with Gasteiger partial charge in [0.25, 0.3) is 0 Å². The molecule has 0 spiro atoms. The van der Waals surface area contributed by atoms with Gasteiger partial charge in [0.1, 0.15) is 6.10 Å². The van der Waals surface area contributed by atoms with Crippen molar-refractivity contribution in [2.24, 2.45) is 5.92 Å². The number of rotatable bonds is 0. The van der Waals surface area contributed by atoms with Gasteiger partial charge < -0.3 is 4.74 Å². The van der Waals surface area contributed by atoms with Gasteiger partial charge in [0.15, 0.2) is 0 Å². The summed E-state index contributed by atoms with van der Waals surface area (Å²) in [6.45, 7) is 0. The van der Waals surface area contributed by atoms with E-state index >= 15 is 0 Å². The molecule has 18 heavy (non-hydrogen) atoms. The quantitative estimate of drug-likeness (QED) is 0.588. The zero-order valence-corrected chi connectivity index (χ0v) is 11.7. The van der Waals surface area contributed by atoms with Crippen LogP contribution in [-0.2, 0) is 9.53 Å². The molecule has 2 fully saturated rings. The number of fused-ring (bicyclic) bond motifs is 1. The molecular weight excluding hydrogens is 224 g/mol. The fourth-order valence-corrected chi connectivity index (χ4v) is 3.26. The Morgan fingerprint density at radius 1 is 0.667 bits per heavy atom. The Bertz CT molecular complexity index is 249. The van der Waals surface area contributed by atoms with Crippen LogP contribution in [0.3, 0.4) is 0 Å². The van der Waals surface area contributed by atoms with Gasteiger partial charge in [0.05, 0.1) is 5.92 Å². The molecule has 104 valence electrons. The average molecular weight is 252 g/mol. The van der Waals surface area contributed by atoms with Crippen LogP contribution in [-0.4, -0.2) is 12.1 Å². The van der Waals surface area contributed by atoms with Crippen molar-refractivity contribution in [2.75, 3.05) is 0 Å². The number of esters is 1. The highest BCUT2D eigenvalue weighted by atomic mass is 16.6. The maximum Gasteiger partial charge on any atom is 0.313 e. The summed E-state index contributed by atoms with van der Waals surface area (Å²) >= 11 is 0. The molecule has 0 amide bonds. The van der Waals surface area contributed by atoms with Gasteiger partial charge in [-0.25, -0.2) is 0 Å². The Hall–Kier alpha value is -0.530. The van der Waals surface area contributed by atoms with Crippen molar-refractivity contribution in [3.63, 3.8) is 0 Å². The summed E-state index contributed by atoms with van der Waals surface area (Å²) < 4.78 is 5.29. The highest BCUT2D eigenvalue weighted by Crippen LogP contribution is 2.31. The summed E-state index contributed by atoms with van der Waals surface area (Å²) in [5.74, 6) is 0.319. The van der Waals surface area contributed by atoms with Crippen molar-refractivity contribution >= 4 is 5.97 Å². The Morgan fingerprint density at radius 2 is 1.11 bits per heavy atom. The maximum absolute atomic E-state index is 11.4. The summed E-state index contributed by atoms with van der Waals surface area (Å²) in [5, 5.41) is 0. The number of hydrogen-bond donors (Lipinski definition) is 0. The van der Waals surface area contributed by atoms with Crippen LogP contribution in [0, 0.1) is 5.92 Å². The first-order chi connectivity index (χ1) is 8.88. The minimum absolute atomic E-state index is 0.0734. The molecule has 1 saturated heterocycles. The zero-order chi connectivity index (χ0) is 12.6. The van der Waals surface area contributed by atoms with Gasteiger partial charge in [0, 0.05) is 0 Å². The molecule has 2 rings (SSSR count). The van der Waals surface area contributed by atoms with Crippen molar-refractivity contribution in [3.8, 4) is 0 Å². The first-order valence-electron chi connectivity index (χ1n) is 8.08. The fraction of sp³-hybridized carbons (Fsp3) is 0.938. The maximum atomic E-state index is 11.4. The van der Waals surface area contributed by atoms with E-state index in [4.69, 9.17) is 4.74 Å². The third kappa shape index (κ3) is 4.29. The highest BCUT2D eigenvalue weighted by molar-refractivity contribution is 5.78. The van der Waals surface area contributed by atoms with E-state index in [2.05, 4.69) is 0 Å². The molecule has 0 N–H and O–H groups in total. The number of hydrogen-bond acceptors (Lipinski definition) is 2. The lowest BCUT2D eigenvalue weighted by Gasteiger charge is -2.35. The van der Waals surface area contributed by atoms with Crippen molar-refractivity contribution in [3.05, 3.63) is 0 Å². The minimum atomic E-state index is 0.0734. The molecule has 0 unspecified atom stereocenters. The Morgan fingerprint density at radius 3 is 1.61 bits per heavy atom. The Kier molecular flexibility index (Phi) is 6.02. The van der Waals surface area contributed by atoms with E-state index < -0.39 is 0 Å². The van der Waals surface area contributed by atoms with Crippen molar-refractivity contribution in [2.45, 2.75) is 89.6 Å².